The number of para-hydroxylation sites is 1. The van der Waals surface area contributed by atoms with Crippen LogP contribution in [0.4, 0.5) is 10.1 Å². The monoisotopic (exact) mass is 499 g/mol. The number of anilines is 1. The first-order valence-electron chi connectivity index (χ1n) is 10.6. The summed E-state index contributed by atoms with van der Waals surface area (Å²) < 4.78 is 25.4. The van der Waals surface area contributed by atoms with Crippen LogP contribution >= 0.6 is 23.2 Å². The number of fused-ring (bicyclic) bond motifs is 1. The number of benzene rings is 3. The lowest BCUT2D eigenvalue weighted by molar-refractivity contribution is 0.101. The Hall–Kier alpha value is -3.35. The van der Waals surface area contributed by atoms with Gasteiger partial charge in [-0.1, -0.05) is 54.4 Å². The fourth-order valence-corrected chi connectivity index (χ4v) is 4.01. The molecular formula is C26H20Cl2FNO4. The number of furan rings is 1. The molecule has 4 aromatic rings. The van der Waals surface area contributed by atoms with Gasteiger partial charge in [-0.25, -0.2) is 4.39 Å². The predicted octanol–water partition coefficient (Wildman–Crippen LogP) is 7.46. The summed E-state index contributed by atoms with van der Waals surface area (Å²) in [6.07, 6.45) is 0.768. The molecule has 4 rings (SSSR count). The van der Waals surface area contributed by atoms with Crippen LogP contribution in [0.1, 0.15) is 45.4 Å². The van der Waals surface area contributed by atoms with E-state index in [1.54, 1.807) is 31.2 Å². The molecule has 0 aliphatic rings. The van der Waals surface area contributed by atoms with Crippen LogP contribution in [0, 0.1) is 12.7 Å². The summed E-state index contributed by atoms with van der Waals surface area (Å²) in [6, 6.07) is 13.9. The number of amides is 1. The van der Waals surface area contributed by atoms with Crippen LogP contribution in [0.15, 0.2) is 59.0 Å². The van der Waals surface area contributed by atoms with E-state index in [0.29, 0.717) is 28.9 Å². The van der Waals surface area contributed by atoms with Crippen molar-refractivity contribution in [3.05, 3.63) is 92.9 Å². The molecular weight excluding hydrogens is 480 g/mol. The number of carbonyl (C=O) groups is 2. The molecule has 1 heterocycles. The molecule has 0 aliphatic carbocycles. The third-order valence-electron chi connectivity index (χ3n) is 5.19. The van der Waals surface area contributed by atoms with Crippen molar-refractivity contribution >= 4 is 51.5 Å². The van der Waals surface area contributed by atoms with Crippen LogP contribution in [-0.2, 0) is 0 Å². The van der Waals surface area contributed by atoms with Crippen molar-refractivity contribution in [2.24, 2.45) is 0 Å². The smallest absolute Gasteiger partial charge is 0.255 e. The molecule has 5 nitrogen and oxygen atoms in total. The minimum absolute atomic E-state index is 0.0983. The highest BCUT2D eigenvalue weighted by Crippen LogP contribution is 2.36. The summed E-state index contributed by atoms with van der Waals surface area (Å²) >= 11 is 12.6. The van der Waals surface area contributed by atoms with E-state index in [0.717, 1.165) is 12.5 Å². The van der Waals surface area contributed by atoms with Crippen molar-refractivity contribution in [2.45, 2.75) is 20.3 Å². The van der Waals surface area contributed by atoms with Crippen molar-refractivity contribution in [1.82, 2.24) is 0 Å². The van der Waals surface area contributed by atoms with Crippen LogP contribution in [-0.4, -0.2) is 18.3 Å². The summed E-state index contributed by atoms with van der Waals surface area (Å²) in [5, 5.41) is 3.64. The van der Waals surface area contributed by atoms with E-state index in [-0.39, 0.29) is 32.6 Å². The Labute approximate surface area is 205 Å². The average Bonchev–Trinajstić information content (AvgIpc) is 3.18. The highest BCUT2D eigenvalue weighted by Gasteiger charge is 2.25. The Bertz CT molecular complexity index is 1390. The van der Waals surface area contributed by atoms with Gasteiger partial charge in [0.1, 0.15) is 11.4 Å². The third kappa shape index (κ3) is 4.65. The molecule has 0 bridgehead atoms. The van der Waals surface area contributed by atoms with E-state index in [1.807, 2.05) is 6.92 Å². The van der Waals surface area contributed by atoms with Crippen molar-refractivity contribution in [3.8, 4) is 5.75 Å². The van der Waals surface area contributed by atoms with Crippen LogP contribution in [0.3, 0.4) is 0 Å². The summed E-state index contributed by atoms with van der Waals surface area (Å²) in [5.41, 5.74) is 1.25. The number of carbonyl (C=O) groups excluding carboxylic acids is 2. The maximum absolute atomic E-state index is 14.1. The summed E-state index contributed by atoms with van der Waals surface area (Å²) in [7, 11) is 0. The molecule has 0 radical (unpaired) electrons. The van der Waals surface area contributed by atoms with Crippen molar-refractivity contribution < 1.29 is 23.1 Å². The van der Waals surface area contributed by atoms with Gasteiger partial charge in [0.2, 0.25) is 5.78 Å². The van der Waals surface area contributed by atoms with E-state index in [4.69, 9.17) is 32.4 Å². The van der Waals surface area contributed by atoms with Gasteiger partial charge in [0, 0.05) is 16.5 Å². The quantitative estimate of drug-likeness (QED) is 0.268. The number of ketones is 1. The standard InChI is InChI=1S/C26H20Cl2FNO4/c1-3-10-33-24-18(27)11-16(12-19(24)28)26(32)30-22-17-6-4-5-7-21(17)34-25(22)23(31)15-9-8-14(2)20(29)13-15/h4-9,11-13H,3,10H2,1-2H3,(H,30,32). The number of hydrogen-bond acceptors (Lipinski definition) is 4. The topological polar surface area (TPSA) is 68.5 Å². The fourth-order valence-electron chi connectivity index (χ4n) is 3.41. The first kappa shape index (κ1) is 23.8. The molecule has 0 aliphatic heterocycles. The van der Waals surface area contributed by atoms with Gasteiger partial charge >= 0.3 is 0 Å². The first-order chi connectivity index (χ1) is 16.3. The lowest BCUT2D eigenvalue weighted by atomic mass is 10.0. The molecule has 0 unspecified atom stereocenters. The largest absolute Gasteiger partial charge is 0.490 e. The Morgan fingerprint density at radius 1 is 1.03 bits per heavy atom. The molecule has 0 spiro atoms. The number of halogens is 3. The lowest BCUT2D eigenvalue weighted by Gasteiger charge is -2.12. The van der Waals surface area contributed by atoms with Crippen molar-refractivity contribution in [1.29, 1.82) is 0 Å². The summed E-state index contributed by atoms with van der Waals surface area (Å²) in [6.45, 7) is 3.98. The van der Waals surface area contributed by atoms with Crippen molar-refractivity contribution in [3.63, 3.8) is 0 Å². The molecule has 8 heteroatoms. The molecule has 0 fully saturated rings. The molecule has 174 valence electrons. The van der Waals surface area contributed by atoms with Crippen LogP contribution in [0.5, 0.6) is 5.75 Å². The molecule has 1 amide bonds. The van der Waals surface area contributed by atoms with Crippen LogP contribution in [0.2, 0.25) is 10.0 Å². The van der Waals surface area contributed by atoms with Gasteiger partial charge < -0.3 is 14.5 Å². The highest BCUT2D eigenvalue weighted by molar-refractivity contribution is 6.38. The van der Waals surface area contributed by atoms with Gasteiger partial charge in [-0.3, -0.25) is 9.59 Å². The Morgan fingerprint density at radius 2 is 1.74 bits per heavy atom. The normalized spacial score (nSPS) is 11.0. The van der Waals surface area contributed by atoms with Gasteiger partial charge in [0.05, 0.1) is 22.3 Å². The van der Waals surface area contributed by atoms with Gasteiger partial charge in [0.25, 0.3) is 5.91 Å². The summed E-state index contributed by atoms with van der Waals surface area (Å²) in [5.74, 6) is -1.45. The Balaban J connectivity index is 1.72. The maximum atomic E-state index is 14.1. The van der Waals surface area contributed by atoms with Crippen LogP contribution in [0.25, 0.3) is 11.0 Å². The second-order valence-corrected chi connectivity index (χ2v) is 8.48. The van der Waals surface area contributed by atoms with Gasteiger partial charge in [0.15, 0.2) is 11.5 Å². The van der Waals surface area contributed by atoms with E-state index in [9.17, 15) is 14.0 Å². The molecule has 1 aromatic heterocycles. The zero-order valence-electron chi connectivity index (χ0n) is 18.4. The predicted molar refractivity (Wildman–Crippen MR) is 131 cm³/mol. The molecule has 34 heavy (non-hydrogen) atoms. The number of rotatable bonds is 7. The Morgan fingerprint density at radius 3 is 2.41 bits per heavy atom. The van der Waals surface area contributed by atoms with Gasteiger partial charge in [-0.05, 0) is 49.2 Å². The zero-order chi connectivity index (χ0) is 24.4. The SMILES string of the molecule is CCCOc1c(Cl)cc(C(=O)Nc2c(C(=O)c3ccc(C)c(F)c3)oc3ccccc23)cc1Cl. The van der Waals surface area contributed by atoms with E-state index in [2.05, 4.69) is 5.32 Å². The summed E-state index contributed by atoms with van der Waals surface area (Å²) in [4.78, 5) is 26.3. The minimum atomic E-state index is -0.565. The number of hydrogen-bond donors (Lipinski definition) is 1. The van der Waals surface area contributed by atoms with E-state index >= 15 is 0 Å². The molecule has 0 atom stereocenters. The third-order valence-corrected chi connectivity index (χ3v) is 5.75. The number of ether oxygens (including phenoxy) is 1. The van der Waals surface area contributed by atoms with Crippen LogP contribution < -0.4 is 10.1 Å². The zero-order valence-corrected chi connectivity index (χ0v) is 19.9. The van der Waals surface area contributed by atoms with Gasteiger partial charge in [-0.2, -0.15) is 0 Å². The minimum Gasteiger partial charge on any atom is -0.490 e. The number of aryl methyl sites for hydroxylation is 1. The van der Waals surface area contributed by atoms with E-state index in [1.165, 1.54) is 24.3 Å². The second kappa shape index (κ2) is 9.87. The molecule has 3 aromatic carbocycles. The average molecular weight is 500 g/mol. The fraction of sp³-hybridized carbons (Fsp3) is 0.154. The molecule has 1 N–H and O–H groups in total. The Kier molecular flexibility index (Phi) is 6.91. The molecule has 0 saturated heterocycles. The van der Waals surface area contributed by atoms with Gasteiger partial charge in [-0.15, -0.1) is 0 Å². The van der Waals surface area contributed by atoms with E-state index < -0.39 is 17.5 Å². The lowest BCUT2D eigenvalue weighted by Crippen LogP contribution is -2.15. The van der Waals surface area contributed by atoms with Crippen molar-refractivity contribution in [2.75, 3.05) is 11.9 Å². The second-order valence-electron chi connectivity index (χ2n) is 7.67. The first-order valence-corrected chi connectivity index (χ1v) is 11.3. The molecule has 0 saturated carbocycles. The maximum Gasteiger partial charge on any atom is 0.255 e. The number of nitrogens with one attached hydrogen (secondary N) is 1. The highest BCUT2D eigenvalue weighted by atomic mass is 35.5.